The molecule has 0 fully saturated rings. The SMILES string of the molecule is CCOc1ccc([C@H]2CC(=O)c3c(nc4oc(-c5ccccc5Cl)cc4c3N)C2)cc1. The Hall–Kier alpha value is -3.31. The van der Waals surface area contributed by atoms with E-state index < -0.39 is 0 Å². The summed E-state index contributed by atoms with van der Waals surface area (Å²) < 4.78 is 11.5. The van der Waals surface area contributed by atoms with E-state index in [9.17, 15) is 4.79 Å². The Morgan fingerprint density at radius 3 is 2.68 bits per heavy atom. The first-order valence-electron chi connectivity index (χ1n) is 10.3. The lowest BCUT2D eigenvalue weighted by Crippen LogP contribution is -2.21. The van der Waals surface area contributed by atoms with Crippen molar-refractivity contribution in [1.82, 2.24) is 4.98 Å². The number of hydrogen-bond acceptors (Lipinski definition) is 5. The van der Waals surface area contributed by atoms with Crippen molar-refractivity contribution in [2.45, 2.75) is 25.7 Å². The Morgan fingerprint density at radius 2 is 1.94 bits per heavy atom. The molecule has 2 aromatic carbocycles. The number of aromatic nitrogens is 1. The predicted octanol–water partition coefficient (Wildman–Crippen LogP) is 6.04. The van der Waals surface area contributed by atoms with E-state index in [0.717, 1.165) is 16.9 Å². The van der Waals surface area contributed by atoms with E-state index in [-0.39, 0.29) is 11.7 Å². The quantitative estimate of drug-likeness (QED) is 0.425. The number of Topliss-reactive ketones (excluding diaryl/α,β-unsaturated/α-hetero) is 1. The van der Waals surface area contributed by atoms with Gasteiger partial charge in [-0.3, -0.25) is 4.79 Å². The van der Waals surface area contributed by atoms with E-state index in [4.69, 9.17) is 31.5 Å². The van der Waals surface area contributed by atoms with Gasteiger partial charge in [-0.1, -0.05) is 35.9 Å². The van der Waals surface area contributed by atoms with Crippen LogP contribution in [0.1, 0.15) is 40.9 Å². The summed E-state index contributed by atoms with van der Waals surface area (Å²) in [6.45, 7) is 2.57. The zero-order valence-electron chi connectivity index (χ0n) is 17.0. The van der Waals surface area contributed by atoms with Crippen LogP contribution in [-0.2, 0) is 6.42 Å². The van der Waals surface area contributed by atoms with E-state index in [0.29, 0.717) is 58.3 Å². The molecule has 0 amide bonds. The van der Waals surface area contributed by atoms with Crippen LogP contribution in [0.25, 0.3) is 22.4 Å². The number of pyridine rings is 1. The third kappa shape index (κ3) is 3.45. The first kappa shape index (κ1) is 19.6. The number of fused-ring (bicyclic) bond motifs is 2. The number of carbonyl (C=O) groups is 1. The number of furan rings is 1. The summed E-state index contributed by atoms with van der Waals surface area (Å²) in [7, 11) is 0. The Bertz CT molecular complexity index is 1290. The fraction of sp³-hybridized carbons (Fsp3) is 0.200. The number of nitrogen functional groups attached to an aromatic ring is 1. The molecule has 1 aliphatic carbocycles. The van der Waals surface area contributed by atoms with Gasteiger partial charge in [-0.15, -0.1) is 0 Å². The van der Waals surface area contributed by atoms with Gasteiger partial charge in [0, 0.05) is 12.0 Å². The molecule has 5 rings (SSSR count). The molecule has 4 aromatic rings. The maximum absolute atomic E-state index is 13.0. The van der Waals surface area contributed by atoms with Gasteiger partial charge in [0.15, 0.2) is 5.78 Å². The molecule has 6 heteroatoms. The van der Waals surface area contributed by atoms with Crippen LogP contribution in [0.3, 0.4) is 0 Å². The van der Waals surface area contributed by atoms with E-state index in [2.05, 4.69) is 0 Å². The number of nitrogens with zero attached hydrogens (tertiary/aromatic N) is 1. The van der Waals surface area contributed by atoms with Gasteiger partial charge in [0.05, 0.1) is 34.0 Å². The number of ketones is 1. The van der Waals surface area contributed by atoms with Gasteiger partial charge in [0.2, 0.25) is 5.71 Å². The van der Waals surface area contributed by atoms with Gasteiger partial charge in [-0.05, 0) is 55.2 Å². The molecule has 0 radical (unpaired) electrons. The predicted molar refractivity (Wildman–Crippen MR) is 122 cm³/mol. The van der Waals surface area contributed by atoms with Crippen LogP contribution in [-0.4, -0.2) is 17.4 Å². The molecule has 5 nitrogen and oxygen atoms in total. The van der Waals surface area contributed by atoms with Crippen molar-refractivity contribution in [3.8, 4) is 17.1 Å². The molecule has 2 heterocycles. The topological polar surface area (TPSA) is 78.3 Å². The van der Waals surface area contributed by atoms with Crippen molar-refractivity contribution >= 4 is 34.2 Å². The molecule has 156 valence electrons. The molecule has 0 saturated heterocycles. The number of rotatable bonds is 4. The minimum Gasteiger partial charge on any atom is -0.494 e. The lowest BCUT2D eigenvalue weighted by atomic mass is 9.81. The zero-order valence-corrected chi connectivity index (χ0v) is 17.8. The lowest BCUT2D eigenvalue weighted by molar-refractivity contribution is 0.0964. The molecule has 0 unspecified atom stereocenters. The molecule has 0 spiro atoms. The van der Waals surface area contributed by atoms with Gasteiger partial charge < -0.3 is 14.9 Å². The number of hydrogen-bond donors (Lipinski definition) is 1. The summed E-state index contributed by atoms with van der Waals surface area (Å²) in [5.74, 6) is 1.45. The molecule has 0 bridgehead atoms. The standard InChI is InChI=1S/C25H21ClN2O3/c1-2-30-16-9-7-14(8-10-16)15-11-20-23(21(29)12-15)24(27)18-13-22(31-25(18)28-20)17-5-3-4-6-19(17)26/h3-10,13,15H,2,11-12H2,1H3,(H2,27,28)/t15-/m1/s1. The van der Waals surface area contributed by atoms with E-state index in [1.54, 1.807) is 6.07 Å². The van der Waals surface area contributed by atoms with E-state index >= 15 is 0 Å². The molecular formula is C25H21ClN2O3. The Balaban J connectivity index is 1.54. The first-order chi connectivity index (χ1) is 15.0. The highest BCUT2D eigenvalue weighted by atomic mass is 35.5. The molecule has 2 N–H and O–H groups in total. The second-order valence-corrected chi connectivity index (χ2v) is 8.09. The molecular weight excluding hydrogens is 412 g/mol. The normalized spacial score (nSPS) is 15.8. The fourth-order valence-corrected chi connectivity index (χ4v) is 4.48. The Morgan fingerprint density at radius 1 is 1.16 bits per heavy atom. The third-order valence-electron chi connectivity index (χ3n) is 5.75. The average molecular weight is 433 g/mol. The maximum atomic E-state index is 13.0. The lowest BCUT2D eigenvalue weighted by Gasteiger charge is -2.24. The van der Waals surface area contributed by atoms with Crippen molar-refractivity contribution in [2.24, 2.45) is 0 Å². The van der Waals surface area contributed by atoms with Gasteiger partial charge in [-0.2, -0.15) is 0 Å². The summed E-state index contributed by atoms with van der Waals surface area (Å²) in [6, 6.07) is 17.1. The van der Waals surface area contributed by atoms with Crippen molar-refractivity contribution in [1.29, 1.82) is 0 Å². The average Bonchev–Trinajstić information content (AvgIpc) is 3.19. The largest absolute Gasteiger partial charge is 0.494 e. The summed E-state index contributed by atoms with van der Waals surface area (Å²) in [4.78, 5) is 17.7. The van der Waals surface area contributed by atoms with E-state index in [1.807, 2.05) is 55.5 Å². The Kier molecular flexibility index (Phi) is 4.91. The third-order valence-corrected chi connectivity index (χ3v) is 6.08. The second kappa shape index (κ2) is 7.75. The molecule has 1 atom stereocenters. The Labute approximate surface area is 184 Å². The number of benzene rings is 2. The van der Waals surface area contributed by atoms with Crippen molar-refractivity contribution in [3.05, 3.63) is 76.4 Å². The summed E-state index contributed by atoms with van der Waals surface area (Å²) in [5, 5.41) is 1.22. The number of ether oxygens (including phenoxy) is 1. The van der Waals surface area contributed by atoms with Gasteiger partial charge in [-0.25, -0.2) is 4.98 Å². The smallest absolute Gasteiger partial charge is 0.229 e. The highest BCUT2D eigenvalue weighted by Crippen LogP contribution is 2.40. The van der Waals surface area contributed by atoms with Crippen LogP contribution in [0.15, 0.2) is 59.0 Å². The first-order valence-corrected chi connectivity index (χ1v) is 10.7. The number of carbonyl (C=O) groups excluding carboxylic acids is 1. The van der Waals surface area contributed by atoms with E-state index in [1.165, 1.54) is 0 Å². The number of anilines is 1. The van der Waals surface area contributed by atoms with Crippen LogP contribution < -0.4 is 10.5 Å². The van der Waals surface area contributed by atoms with Gasteiger partial charge in [0.25, 0.3) is 0 Å². The summed E-state index contributed by atoms with van der Waals surface area (Å²) >= 11 is 6.32. The minimum absolute atomic E-state index is 0.00697. The summed E-state index contributed by atoms with van der Waals surface area (Å²) in [5.41, 5.74) is 10.3. The fourth-order valence-electron chi connectivity index (χ4n) is 4.25. The molecule has 31 heavy (non-hydrogen) atoms. The van der Waals surface area contributed by atoms with Crippen LogP contribution >= 0.6 is 11.6 Å². The molecule has 2 aromatic heterocycles. The molecule has 0 aliphatic heterocycles. The second-order valence-electron chi connectivity index (χ2n) is 7.69. The number of nitrogens with two attached hydrogens (primary N) is 1. The van der Waals surface area contributed by atoms with Crippen molar-refractivity contribution in [2.75, 3.05) is 12.3 Å². The van der Waals surface area contributed by atoms with Crippen LogP contribution in [0.4, 0.5) is 5.69 Å². The van der Waals surface area contributed by atoms with Crippen molar-refractivity contribution in [3.63, 3.8) is 0 Å². The van der Waals surface area contributed by atoms with Gasteiger partial charge in [0.1, 0.15) is 11.5 Å². The van der Waals surface area contributed by atoms with Crippen LogP contribution in [0.5, 0.6) is 5.75 Å². The molecule has 1 aliphatic rings. The summed E-state index contributed by atoms with van der Waals surface area (Å²) in [6.07, 6.45) is 1.02. The maximum Gasteiger partial charge on any atom is 0.229 e. The minimum atomic E-state index is 0.00697. The van der Waals surface area contributed by atoms with Gasteiger partial charge >= 0.3 is 0 Å². The monoisotopic (exact) mass is 432 g/mol. The van der Waals surface area contributed by atoms with Crippen LogP contribution in [0.2, 0.25) is 5.02 Å². The highest BCUT2D eigenvalue weighted by Gasteiger charge is 2.31. The van der Waals surface area contributed by atoms with Crippen LogP contribution in [0, 0.1) is 0 Å². The number of halogens is 1. The molecule has 0 saturated carbocycles. The highest BCUT2D eigenvalue weighted by molar-refractivity contribution is 6.33. The van der Waals surface area contributed by atoms with Crippen molar-refractivity contribution < 1.29 is 13.9 Å². The zero-order chi connectivity index (χ0) is 21.5.